The molecule has 4 heterocycles. The number of esters is 9. The molecule has 0 amide bonds. The summed E-state index contributed by atoms with van der Waals surface area (Å²) in [5, 5.41) is 9.06. The van der Waals surface area contributed by atoms with E-state index in [9.17, 15) is 43.2 Å². The van der Waals surface area contributed by atoms with Crippen LogP contribution in [0.3, 0.4) is 0 Å². The van der Waals surface area contributed by atoms with Crippen molar-refractivity contribution in [3.63, 3.8) is 0 Å². The SMILES string of the molecule is C.C.C.C.C.C.C.C.C.C.CCC(C)(C)C(=O)OC(C)c1ccc(C(=O)OC23CC4CC(C2)OC(=O)C(C4)C3)cc1.CCC(C)(C)C(=O)OC1(C(C)C)C2CC3CC(C2)CC1C3.CCC(C)(C)C(=O)OC1(C(C)C)CCCC1.CCC(C)(C)C(=O)OCC(=O)OC1C2CC3CC(C2)C(=O)OC1C3.CCC(C)(C)C(=O)Oc1ccc(O)cc1. The molecule has 10 atom stereocenters. The Bertz CT molecular complexity index is 3400. The molecule has 0 aromatic heterocycles. The fourth-order valence-corrected chi connectivity index (χ4v) is 18.0. The van der Waals surface area contributed by atoms with E-state index in [0.717, 1.165) is 94.4 Å². The maximum absolute atomic E-state index is 12.9. The van der Waals surface area contributed by atoms with Crippen LogP contribution in [-0.2, 0) is 76.3 Å². The van der Waals surface area contributed by atoms with Crippen LogP contribution in [0.25, 0.3) is 0 Å². The molecule has 19 heteroatoms. The molecule has 9 aliphatic carbocycles. The molecule has 1 N–H and O–H groups in total. The van der Waals surface area contributed by atoms with Gasteiger partial charge in [-0.1, -0.05) is 149 Å². The predicted molar refractivity (Wildman–Crippen MR) is 473 cm³/mol. The molecule has 117 heavy (non-hydrogen) atoms. The zero-order valence-corrected chi connectivity index (χ0v) is 68.5. The third kappa shape index (κ3) is 27.5. The van der Waals surface area contributed by atoms with Crippen LogP contribution >= 0.6 is 0 Å². The van der Waals surface area contributed by atoms with Gasteiger partial charge >= 0.3 is 53.7 Å². The van der Waals surface area contributed by atoms with Gasteiger partial charge in [0, 0.05) is 18.8 Å². The second kappa shape index (κ2) is 46.5. The highest BCUT2D eigenvalue weighted by Crippen LogP contribution is 2.62. The third-order valence-corrected chi connectivity index (χ3v) is 27.0. The first-order valence-corrected chi connectivity index (χ1v) is 40.8. The van der Waals surface area contributed by atoms with Crippen LogP contribution in [0.5, 0.6) is 11.5 Å². The number of carbonyl (C=O) groups is 9. The molecule has 4 saturated heterocycles. The van der Waals surface area contributed by atoms with Gasteiger partial charge in [-0.3, -0.25) is 33.6 Å². The smallest absolute Gasteiger partial charge is 0.344 e. The predicted octanol–water partition coefficient (Wildman–Crippen LogP) is 24.8. The fraction of sp³-hybridized carbons (Fsp3) is 0.786. The summed E-state index contributed by atoms with van der Waals surface area (Å²) >= 11 is 0. The van der Waals surface area contributed by atoms with Crippen LogP contribution < -0.4 is 4.74 Å². The van der Waals surface area contributed by atoms with Crippen molar-refractivity contribution in [1.82, 2.24) is 0 Å². The number of fused-ring (bicyclic) bond motifs is 2. The molecule has 0 spiro atoms. The van der Waals surface area contributed by atoms with Crippen molar-refractivity contribution < 1.29 is 90.9 Å². The normalized spacial score (nSPS) is 26.8. The monoisotopic (exact) mass is 1650 g/mol. The van der Waals surface area contributed by atoms with Gasteiger partial charge in [-0.15, -0.1) is 0 Å². The summed E-state index contributed by atoms with van der Waals surface area (Å²) < 4.78 is 50.8. The fourth-order valence-electron chi connectivity index (χ4n) is 18.0. The lowest BCUT2D eigenvalue weighted by Gasteiger charge is -2.62. The van der Waals surface area contributed by atoms with E-state index in [1.54, 1.807) is 50.2 Å². The molecular weight excluding hydrogens is 1480 g/mol. The summed E-state index contributed by atoms with van der Waals surface area (Å²) in [6.07, 6.45) is 20.6. The molecule has 678 valence electrons. The van der Waals surface area contributed by atoms with E-state index in [1.807, 2.05) is 90.0 Å². The highest BCUT2D eigenvalue weighted by atomic mass is 16.6. The first kappa shape index (κ1) is 115. The van der Waals surface area contributed by atoms with Gasteiger partial charge in [0.15, 0.2) is 6.61 Å². The molecule has 13 aliphatic rings. The number of ether oxygens (including phenoxy) is 9. The zero-order valence-electron chi connectivity index (χ0n) is 68.5. The minimum absolute atomic E-state index is 0. The highest BCUT2D eigenvalue weighted by molar-refractivity contribution is 5.90. The van der Waals surface area contributed by atoms with Crippen molar-refractivity contribution in [2.24, 2.45) is 92.2 Å². The van der Waals surface area contributed by atoms with Crippen LogP contribution in [-0.4, -0.2) is 101 Å². The van der Waals surface area contributed by atoms with E-state index in [-0.39, 0.29) is 180 Å². The summed E-state index contributed by atoms with van der Waals surface area (Å²) in [6.45, 7) is 39.2. The number of aromatic hydroxyl groups is 1. The van der Waals surface area contributed by atoms with Crippen molar-refractivity contribution >= 4 is 53.7 Å². The summed E-state index contributed by atoms with van der Waals surface area (Å²) in [5.41, 5.74) is -1.98. The summed E-state index contributed by atoms with van der Waals surface area (Å²) in [5.74, 6) is 3.24. The van der Waals surface area contributed by atoms with E-state index in [1.165, 1.54) is 57.1 Å². The Hall–Kier alpha value is -6.53. The highest BCUT2D eigenvalue weighted by Gasteiger charge is 2.62. The Kier molecular flexibility index (Phi) is 45.5. The first-order chi connectivity index (χ1) is 50.0. The van der Waals surface area contributed by atoms with E-state index in [2.05, 4.69) is 34.6 Å². The van der Waals surface area contributed by atoms with E-state index < -0.39 is 46.0 Å². The molecule has 10 unspecified atom stereocenters. The Morgan fingerprint density at radius 2 is 0.932 bits per heavy atom. The molecule has 2 aromatic rings. The van der Waals surface area contributed by atoms with Gasteiger partial charge < -0.3 is 47.7 Å². The second-order valence-corrected chi connectivity index (χ2v) is 37.3. The number of phenolic OH excluding ortho intramolecular Hbond substituents is 1. The molecule has 4 aliphatic heterocycles. The van der Waals surface area contributed by atoms with Crippen LogP contribution in [0.15, 0.2) is 48.5 Å². The Balaban J connectivity index is -0.00000139. The molecule has 12 bridgehead atoms. The Morgan fingerprint density at radius 3 is 1.43 bits per heavy atom. The lowest BCUT2D eigenvalue weighted by atomic mass is 9.47. The quantitative estimate of drug-likeness (QED) is 0.0653. The van der Waals surface area contributed by atoms with Crippen molar-refractivity contribution in [2.75, 3.05) is 6.61 Å². The lowest BCUT2D eigenvalue weighted by Crippen LogP contribution is -2.63. The van der Waals surface area contributed by atoms with Crippen LogP contribution in [0.1, 0.15) is 382 Å². The Labute approximate surface area is 712 Å². The van der Waals surface area contributed by atoms with Gasteiger partial charge in [0.25, 0.3) is 0 Å². The van der Waals surface area contributed by atoms with Gasteiger partial charge in [-0.2, -0.15) is 0 Å². The minimum atomic E-state index is -0.615. The van der Waals surface area contributed by atoms with E-state index in [0.29, 0.717) is 72.5 Å². The summed E-state index contributed by atoms with van der Waals surface area (Å²) in [7, 11) is 0. The van der Waals surface area contributed by atoms with Crippen LogP contribution in [0.4, 0.5) is 0 Å². The van der Waals surface area contributed by atoms with Crippen molar-refractivity contribution in [3.05, 3.63) is 59.7 Å². The van der Waals surface area contributed by atoms with E-state index in [4.69, 9.17) is 47.7 Å². The van der Waals surface area contributed by atoms with Gasteiger partial charge in [-0.05, 0) is 300 Å². The topological polar surface area (TPSA) is 257 Å². The van der Waals surface area contributed by atoms with Crippen molar-refractivity contribution in [3.8, 4) is 11.5 Å². The van der Waals surface area contributed by atoms with Gasteiger partial charge in [0.2, 0.25) is 0 Å². The number of carbonyl (C=O) groups excluding carboxylic acids is 9. The van der Waals surface area contributed by atoms with E-state index >= 15 is 0 Å². The van der Waals surface area contributed by atoms with Gasteiger partial charge in [0.05, 0.1) is 44.5 Å². The molecule has 15 rings (SSSR count). The summed E-state index contributed by atoms with van der Waals surface area (Å²) in [4.78, 5) is 110. The number of benzene rings is 2. The minimum Gasteiger partial charge on any atom is -0.508 e. The average molecular weight is 1650 g/mol. The van der Waals surface area contributed by atoms with Gasteiger partial charge in [0.1, 0.15) is 52.7 Å². The summed E-state index contributed by atoms with van der Waals surface area (Å²) in [6, 6.07) is 13.1. The van der Waals surface area contributed by atoms with Crippen LogP contribution in [0, 0.1) is 92.2 Å². The number of rotatable bonds is 22. The average Bonchev–Trinajstić information content (AvgIpc) is 1.50. The molecule has 19 nitrogen and oxygen atoms in total. The Morgan fingerprint density at radius 1 is 0.470 bits per heavy atom. The maximum Gasteiger partial charge on any atom is 0.344 e. The largest absolute Gasteiger partial charge is 0.508 e. The van der Waals surface area contributed by atoms with Crippen LogP contribution in [0.2, 0.25) is 0 Å². The molecule has 2 aromatic carbocycles. The number of hydrogen-bond donors (Lipinski definition) is 1. The first-order valence-electron chi connectivity index (χ1n) is 40.8. The molecule has 9 saturated carbocycles. The molecule has 13 fully saturated rings. The number of phenols is 1. The van der Waals surface area contributed by atoms with Crippen molar-refractivity contribution in [2.45, 2.75) is 402 Å². The molecule has 0 radical (unpaired) electrons. The number of hydrogen-bond acceptors (Lipinski definition) is 19. The maximum atomic E-state index is 12.9. The zero-order chi connectivity index (χ0) is 79.2. The third-order valence-electron chi connectivity index (χ3n) is 27.0. The second-order valence-electron chi connectivity index (χ2n) is 37.3. The van der Waals surface area contributed by atoms with Crippen molar-refractivity contribution in [1.29, 1.82) is 0 Å². The molecular formula is C98H172O19. The standard InChI is InChI=1S/C25H32O6.C19H32O2.C18H26O6.C14H26O2.C12H16O3.10CH4/c1-5-24(3,4)23(28)29-15(2)17-6-8-18(9-7-17)22(27)31-25-12-16-10-19(13-25)21(26)30-20(11-16)14-25;1-6-18(4,5)17(20)21-19(12(2)3)15-8-13-7-14(10-15)11-16(19)9-13;1-4-18(2,3)17(21)22-9-14(19)24-15-11-5-10-6-12(8-11)16(20)23-13(15)7-10;1-6-13(4,5)12(15)16-14(11(2)3)9-7-8-10-14;1-4-12(2,3)11(14)15-10-7-5-9(13)6-8-10;;;;;;;;;;/h6-9,15-16,19-20H,5,10-14H2,1-4H3;12-16H,6-11H2,1-5H3;10-13,15H,4-9H2,1-3H3;11H,6-10H2,1-5H3;5-8,13H,4H2,1-3H3;10*1H4. The lowest BCUT2D eigenvalue weighted by molar-refractivity contribution is -0.231. The van der Waals surface area contributed by atoms with Gasteiger partial charge in [-0.25, -0.2) is 9.59 Å².